The molecule has 2 aromatic carbocycles. The first-order valence-electron chi connectivity index (χ1n) is 14.6. The quantitative estimate of drug-likeness (QED) is 0.207. The van der Waals surface area contributed by atoms with Gasteiger partial charge in [-0.2, -0.15) is 11.3 Å². The second kappa shape index (κ2) is 14.7. The lowest BCUT2D eigenvalue weighted by Crippen LogP contribution is -2.59. The molecule has 238 valence electrons. The van der Waals surface area contributed by atoms with E-state index < -0.39 is 39.8 Å². The summed E-state index contributed by atoms with van der Waals surface area (Å²) in [4.78, 5) is 42.7. The number of carbonyl (C=O) groups excluding carboxylic acids is 3. The number of nitrogens with two attached hydrogens (primary N) is 1. The van der Waals surface area contributed by atoms with Crippen LogP contribution in [0.3, 0.4) is 0 Å². The van der Waals surface area contributed by atoms with Crippen LogP contribution in [-0.4, -0.2) is 65.4 Å². The molecular weight excluding hydrogens is 613 g/mol. The molecule has 0 aliphatic rings. The molecule has 0 fully saturated rings. The molecule has 2 heterocycles. The lowest BCUT2D eigenvalue weighted by Gasteiger charge is -2.35. The number of carbonyl (C=O) groups is 3. The Morgan fingerprint density at radius 1 is 0.956 bits per heavy atom. The Hall–Kier alpha value is -4.29. The van der Waals surface area contributed by atoms with Gasteiger partial charge in [-0.05, 0) is 60.4 Å². The maximum absolute atomic E-state index is 14.6. The topological polar surface area (TPSA) is 144 Å². The fourth-order valence-electron chi connectivity index (χ4n) is 5.21. The van der Waals surface area contributed by atoms with Crippen molar-refractivity contribution in [1.29, 1.82) is 0 Å². The summed E-state index contributed by atoms with van der Waals surface area (Å²) in [5.74, 6) is -2.10. The zero-order valence-electron chi connectivity index (χ0n) is 25.8. The van der Waals surface area contributed by atoms with Crippen LogP contribution >= 0.6 is 11.3 Å². The number of benzene rings is 2. The molecule has 0 saturated carbocycles. The number of amides is 3. The molecule has 2 atom stereocenters. The Labute approximate surface area is 267 Å². The van der Waals surface area contributed by atoms with Crippen LogP contribution in [0.2, 0.25) is 0 Å². The summed E-state index contributed by atoms with van der Waals surface area (Å²) in [6, 6.07) is 13.2. The van der Waals surface area contributed by atoms with Crippen LogP contribution in [0.15, 0.2) is 76.1 Å². The second-order valence-electron chi connectivity index (χ2n) is 11.1. The van der Waals surface area contributed by atoms with Crippen molar-refractivity contribution in [1.82, 2.24) is 14.4 Å². The maximum Gasteiger partial charge on any atom is 0.259 e. The van der Waals surface area contributed by atoms with Crippen LogP contribution in [-0.2, 0) is 32.5 Å². The van der Waals surface area contributed by atoms with Gasteiger partial charge in [-0.25, -0.2) is 12.7 Å². The van der Waals surface area contributed by atoms with Crippen molar-refractivity contribution in [2.75, 3.05) is 12.8 Å². The number of hydrogen-bond acceptors (Lipinski definition) is 8. The first kappa shape index (κ1) is 33.6. The van der Waals surface area contributed by atoms with Gasteiger partial charge in [0.2, 0.25) is 15.9 Å². The van der Waals surface area contributed by atoms with Gasteiger partial charge in [0.1, 0.15) is 12.1 Å². The average molecular weight is 651 g/mol. The van der Waals surface area contributed by atoms with E-state index in [1.54, 1.807) is 59.3 Å². The van der Waals surface area contributed by atoms with E-state index in [1.807, 2.05) is 26.8 Å². The van der Waals surface area contributed by atoms with E-state index >= 15 is 0 Å². The molecular formula is C33H38N4O6S2. The molecule has 2 aromatic heterocycles. The summed E-state index contributed by atoms with van der Waals surface area (Å²) in [6.07, 6.45) is 2.26. The molecule has 0 radical (unpaired) electrons. The van der Waals surface area contributed by atoms with Gasteiger partial charge in [0, 0.05) is 37.1 Å². The molecule has 0 unspecified atom stereocenters. The van der Waals surface area contributed by atoms with Gasteiger partial charge >= 0.3 is 0 Å². The van der Waals surface area contributed by atoms with E-state index in [0.29, 0.717) is 33.2 Å². The molecule has 45 heavy (non-hydrogen) atoms. The highest BCUT2D eigenvalue weighted by atomic mass is 32.2. The zero-order valence-corrected chi connectivity index (χ0v) is 27.4. The lowest BCUT2D eigenvalue weighted by molar-refractivity contribution is -0.137. The Morgan fingerprint density at radius 2 is 1.62 bits per heavy atom. The molecule has 10 nitrogen and oxygen atoms in total. The standard InChI is InChI=1S/C33H38N4O6S2/c1-5-6-15-45(41,42)37(28(31(34)38)20-25-12-14-44-21-25)33(40)29(36(4)32(39)27-17-22(2)16-23(3)18-27)19-24-7-9-26(10-8-24)30-11-13-35-43-30/h7-14,16-18,21,28-29H,5-6,15,19-20H2,1-4H3,(H2,34,38)/t28-,29-/m0/s1. The smallest absolute Gasteiger partial charge is 0.259 e. The number of thiophene rings is 1. The van der Waals surface area contributed by atoms with Gasteiger partial charge in [0.15, 0.2) is 5.76 Å². The molecule has 4 rings (SSSR count). The molecule has 0 saturated heterocycles. The van der Waals surface area contributed by atoms with Crippen LogP contribution in [0.4, 0.5) is 0 Å². The normalized spacial score (nSPS) is 12.8. The molecule has 12 heteroatoms. The van der Waals surface area contributed by atoms with Crippen molar-refractivity contribution >= 4 is 39.1 Å². The van der Waals surface area contributed by atoms with E-state index in [4.69, 9.17) is 10.3 Å². The Morgan fingerprint density at radius 3 is 2.18 bits per heavy atom. The number of likely N-dealkylation sites (N-methyl/N-ethyl adjacent to an activating group) is 1. The largest absolute Gasteiger partial charge is 0.368 e. The van der Waals surface area contributed by atoms with Gasteiger partial charge in [-0.15, -0.1) is 0 Å². The molecule has 3 amide bonds. The summed E-state index contributed by atoms with van der Waals surface area (Å²) >= 11 is 1.38. The number of hydrogen-bond donors (Lipinski definition) is 1. The highest BCUT2D eigenvalue weighted by Crippen LogP contribution is 2.24. The second-order valence-corrected chi connectivity index (χ2v) is 13.9. The van der Waals surface area contributed by atoms with Crippen molar-refractivity contribution < 1.29 is 27.3 Å². The van der Waals surface area contributed by atoms with Crippen molar-refractivity contribution in [2.45, 2.75) is 58.5 Å². The number of unbranched alkanes of at least 4 members (excludes halogenated alkanes) is 1. The fraction of sp³-hybridized carbons (Fsp3) is 0.333. The van der Waals surface area contributed by atoms with Crippen LogP contribution in [0, 0.1) is 13.8 Å². The van der Waals surface area contributed by atoms with Gasteiger partial charge in [0.05, 0.1) is 11.9 Å². The third kappa shape index (κ3) is 8.25. The van der Waals surface area contributed by atoms with Crippen molar-refractivity contribution in [3.8, 4) is 11.3 Å². The van der Waals surface area contributed by atoms with E-state index in [-0.39, 0.29) is 25.0 Å². The third-order valence-corrected chi connectivity index (χ3v) is 10.1. The van der Waals surface area contributed by atoms with Crippen molar-refractivity contribution in [2.24, 2.45) is 5.73 Å². The van der Waals surface area contributed by atoms with Crippen LogP contribution in [0.5, 0.6) is 0 Å². The molecule has 4 aromatic rings. The number of nitrogens with zero attached hydrogens (tertiary/aromatic N) is 3. The number of sulfonamides is 1. The summed E-state index contributed by atoms with van der Waals surface area (Å²) in [7, 11) is -2.84. The van der Waals surface area contributed by atoms with Gasteiger partial charge in [-0.3, -0.25) is 14.4 Å². The molecule has 0 spiro atoms. The minimum Gasteiger partial charge on any atom is -0.368 e. The molecule has 2 N–H and O–H groups in total. The van der Waals surface area contributed by atoms with Gasteiger partial charge in [-0.1, -0.05) is 60.0 Å². The number of primary amides is 1. The Kier molecular flexibility index (Phi) is 10.9. The Bertz CT molecular complexity index is 1700. The van der Waals surface area contributed by atoms with Crippen molar-refractivity contribution in [3.63, 3.8) is 0 Å². The fourth-order valence-corrected chi connectivity index (χ4v) is 7.71. The minimum atomic E-state index is -4.31. The maximum atomic E-state index is 14.6. The van der Waals surface area contributed by atoms with E-state index in [9.17, 15) is 22.8 Å². The Balaban J connectivity index is 1.79. The number of aryl methyl sites for hydroxylation is 2. The monoisotopic (exact) mass is 650 g/mol. The number of rotatable bonds is 14. The van der Waals surface area contributed by atoms with E-state index in [2.05, 4.69) is 5.16 Å². The van der Waals surface area contributed by atoms with E-state index in [0.717, 1.165) is 16.7 Å². The zero-order chi connectivity index (χ0) is 32.7. The summed E-state index contributed by atoms with van der Waals surface area (Å²) in [5, 5.41) is 7.31. The third-order valence-electron chi connectivity index (χ3n) is 7.54. The van der Waals surface area contributed by atoms with E-state index in [1.165, 1.54) is 29.5 Å². The average Bonchev–Trinajstić information content (AvgIpc) is 3.72. The molecule has 0 aliphatic carbocycles. The SMILES string of the molecule is CCCCS(=O)(=O)N(C(=O)[C@H](Cc1ccc(-c2ccno2)cc1)N(C)C(=O)c1cc(C)cc(C)c1)[C@@H](Cc1ccsc1)C(N)=O. The summed E-state index contributed by atoms with van der Waals surface area (Å²) in [5.41, 5.74) is 9.99. The van der Waals surface area contributed by atoms with Crippen molar-refractivity contribution in [3.05, 3.63) is 99.4 Å². The predicted octanol–water partition coefficient (Wildman–Crippen LogP) is 4.76. The van der Waals surface area contributed by atoms with Gasteiger partial charge in [0.25, 0.3) is 11.8 Å². The number of aromatic nitrogens is 1. The van der Waals surface area contributed by atoms with Crippen LogP contribution in [0.1, 0.15) is 52.4 Å². The van der Waals surface area contributed by atoms with Crippen LogP contribution < -0.4 is 5.73 Å². The summed E-state index contributed by atoms with van der Waals surface area (Å²) < 4.78 is 33.6. The first-order chi connectivity index (χ1) is 21.4. The first-order valence-corrected chi connectivity index (χ1v) is 17.2. The predicted molar refractivity (Wildman–Crippen MR) is 174 cm³/mol. The minimum absolute atomic E-state index is 0.0215. The summed E-state index contributed by atoms with van der Waals surface area (Å²) in [6.45, 7) is 5.57. The highest BCUT2D eigenvalue weighted by Gasteiger charge is 2.42. The highest BCUT2D eigenvalue weighted by molar-refractivity contribution is 7.89. The lowest BCUT2D eigenvalue weighted by atomic mass is 9.99. The van der Waals surface area contributed by atoms with Gasteiger partial charge < -0.3 is 15.2 Å². The van der Waals surface area contributed by atoms with Crippen LogP contribution in [0.25, 0.3) is 11.3 Å². The molecule has 0 bridgehead atoms. The molecule has 0 aliphatic heterocycles.